The van der Waals surface area contributed by atoms with E-state index in [0.717, 1.165) is 0 Å². The Hall–Kier alpha value is -1.98. The lowest BCUT2D eigenvalue weighted by Gasteiger charge is -1.98. The molecule has 1 heterocycles. The Morgan fingerprint density at radius 1 is 1.13 bits per heavy atom. The highest BCUT2D eigenvalue weighted by molar-refractivity contribution is 5.50. The topological polar surface area (TPSA) is 51.0 Å². The first kappa shape index (κ1) is 9.57. The fraction of sp³-hybridized carbons (Fsp3) is 0.111. The maximum atomic E-state index is 12.1. The molecule has 2 rings (SSSR count). The Bertz CT molecular complexity index is 430. The minimum Gasteiger partial charge on any atom is -0.402 e. The second-order valence-electron chi connectivity index (χ2n) is 2.74. The average Bonchev–Trinajstić information content (AvgIpc) is 2.68. The molecule has 0 aliphatic rings. The van der Waals surface area contributed by atoms with E-state index >= 15 is 0 Å². The molecule has 6 heteroatoms. The van der Waals surface area contributed by atoms with Crippen LogP contribution in [0.3, 0.4) is 0 Å². The van der Waals surface area contributed by atoms with Gasteiger partial charge < -0.3 is 9.73 Å². The number of hydrogen-bond donors (Lipinski definition) is 1. The summed E-state index contributed by atoms with van der Waals surface area (Å²) in [5.74, 6) is -0.687. The third-order valence-corrected chi connectivity index (χ3v) is 1.65. The Labute approximate surface area is 83.9 Å². The van der Waals surface area contributed by atoms with Crippen LogP contribution in [-0.4, -0.2) is 10.2 Å². The molecule has 2 aromatic rings. The number of aromatic nitrogens is 2. The number of hydrogen-bond acceptors (Lipinski definition) is 4. The standard InChI is InChI=1S/C9H7F2N3O/c10-7(11)8-13-14-9(15-8)12-6-4-2-1-3-5-6/h1-5,7H,(H,12,14). The van der Waals surface area contributed by atoms with Crippen LogP contribution in [0.4, 0.5) is 20.5 Å². The lowest BCUT2D eigenvalue weighted by molar-refractivity contribution is 0.116. The van der Waals surface area contributed by atoms with Crippen LogP contribution in [0.1, 0.15) is 12.3 Å². The van der Waals surface area contributed by atoms with Crippen molar-refractivity contribution in [2.75, 3.05) is 5.32 Å². The van der Waals surface area contributed by atoms with Gasteiger partial charge in [-0.05, 0) is 12.1 Å². The molecule has 0 unspecified atom stereocenters. The summed E-state index contributed by atoms with van der Waals surface area (Å²) in [6, 6.07) is 8.90. The van der Waals surface area contributed by atoms with Crippen molar-refractivity contribution in [3.05, 3.63) is 36.2 Å². The molecule has 1 aromatic heterocycles. The van der Waals surface area contributed by atoms with Crippen molar-refractivity contribution >= 4 is 11.7 Å². The number of rotatable bonds is 3. The minimum atomic E-state index is -2.75. The SMILES string of the molecule is FC(F)c1nnc(Nc2ccccc2)o1. The van der Waals surface area contributed by atoms with Crippen LogP contribution in [-0.2, 0) is 0 Å². The zero-order chi connectivity index (χ0) is 10.7. The molecule has 1 N–H and O–H groups in total. The molecule has 0 bridgehead atoms. The van der Waals surface area contributed by atoms with E-state index in [-0.39, 0.29) is 6.01 Å². The molecule has 1 aromatic carbocycles. The first-order chi connectivity index (χ1) is 7.25. The Morgan fingerprint density at radius 3 is 2.47 bits per heavy atom. The molecule has 0 saturated carbocycles. The van der Waals surface area contributed by atoms with Gasteiger partial charge in [0.05, 0.1) is 0 Å². The largest absolute Gasteiger partial charge is 0.402 e. The fourth-order valence-electron chi connectivity index (χ4n) is 1.02. The van der Waals surface area contributed by atoms with Crippen LogP contribution in [0.2, 0.25) is 0 Å². The molecule has 78 valence electrons. The molecule has 15 heavy (non-hydrogen) atoms. The van der Waals surface area contributed by atoms with E-state index in [1.165, 1.54) is 0 Å². The van der Waals surface area contributed by atoms with E-state index in [1.807, 2.05) is 6.07 Å². The molecule has 0 aliphatic carbocycles. The highest BCUT2D eigenvalue weighted by Crippen LogP contribution is 2.20. The number of anilines is 2. The summed E-state index contributed by atoms with van der Waals surface area (Å²) in [5.41, 5.74) is 0.696. The second-order valence-corrected chi connectivity index (χ2v) is 2.74. The number of halogens is 2. The molecule has 0 atom stereocenters. The molecular weight excluding hydrogens is 204 g/mol. The van der Waals surface area contributed by atoms with Gasteiger partial charge >= 0.3 is 12.4 Å². The summed E-state index contributed by atoms with van der Waals surface area (Å²) in [4.78, 5) is 0. The van der Waals surface area contributed by atoms with Gasteiger partial charge in [0.15, 0.2) is 0 Å². The lowest BCUT2D eigenvalue weighted by Crippen LogP contribution is -1.88. The predicted octanol–water partition coefficient (Wildman–Crippen LogP) is 2.75. The molecule has 0 radical (unpaired) electrons. The van der Waals surface area contributed by atoms with Gasteiger partial charge in [0.1, 0.15) is 0 Å². The van der Waals surface area contributed by atoms with Crippen LogP contribution >= 0.6 is 0 Å². The minimum absolute atomic E-state index is 0.0449. The van der Waals surface area contributed by atoms with Crippen molar-refractivity contribution in [1.29, 1.82) is 0 Å². The Morgan fingerprint density at radius 2 is 1.87 bits per heavy atom. The Kier molecular flexibility index (Phi) is 2.57. The summed E-state index contributed by atoms with van der Waals surface area (Å²) < 4.78 is 28.9. The summed E-state index contributed by atoms with van der Waals surface area (Å²) in [6.07, 6.45) is -2.75. The van der Waals surface area contributed by atoms with E-state index in [2.05, 4.69) is 19.9 Å². The number of nitrogens with zero attached hydrogens (tertiary/aromatic N) is 2. The number of para-hydroxylation sites is 1. The quantitative estimate of drug-likeness (QED) is 0.847. The van der Waals surface area contributed by atoms with Crippen molar-refractivity contribution < 1.29 is 13.2 Å². The maximum Gasteiger partial charge on any atom is 0.320 e. The maximum absolute atomic E-state index is 12.1. The molecular formula is C9H7F2N3O. The van der Waals surface area contributed by atoms with Gasteiger partial charge in [-0.2, -0.15) is 8.78 Å². The lowest BCUT2D eigenvalue weighted by atomic mass is 10.3. The zero-order valence-corrected chi connectivity index (χ0v) is 7.52. The van der Waals surface area contributed by atoms with Gasteiger partial charge in [0, 0.05) is 5.69 Å². The van der Waals surface area contributed by atoms with Gasteiger partial charge in [0.2, 0.25) is 0 Å². The van der Waals surface area contributed by atoms with Crippen molar-refractivity contribution in [3.8, 4) is 0 Å². The van der Waals surface area contributed by atoms with Crippen LogP contribution in [0.5, 0.6) is 0 Å². The highest BCUT2D eigenvalue weighted by atomic mass is 19.3. The van der Waals surface area contributed by atoms with Crippen LogP contribution < -0.4 is 5.32 Å². The smallest absolute Gasteiger partial charge is 0.320 e. The normalized spacial score (nSPS) is 10.6. The molecule has 0 spiro atoms. The Balaban J connectivity index is 2.12. The van der Waals surface area contributed by atoms with E-state index in [1.54, 1.807) is 24.3 Å². The molecule has 0 saturated heterocycles. The van der Waals surface area contributed by atoms with Gasteiger partial charge in [-0.25, -0.2) is 0 Å². The summed E-state index contributed by atoms with van der Waals surface area (Å²) >= 11 is 0. The first-order valence-corrected chi connectivity index (χ1v) is 4.19. The predicted molar refractivity (Wildman–Crippen MR) is 49.0 cm³/mol. The number of nitrogens with one attached hydrogen (secondary N) is 1. The van der Waals surface area contributed by atoms with E-state index in [4.69, 9.17) is 0 Å². The molecule has 4 nitrogen and oxygen atoms in total. The zero-order valence-electron chi connectivity index (χ0n) is 7.52. The number of alkyl halides is 2. The van der Waals surface area contributed by atoms with E-state index in [0.29, 0.717) is 5.69 Å². The van der Waals surface area contributed by atoms with E-state index < -0.39 is 12.3 Å². The molecule has 0 amide bonds. The van der Waals surface area contributed by atoms with Crippen molar-refractivity contribution in [1.82, 2.24) is 10.2 Å². The molecule has 0 aliphatic heterocycles. The summed E-state index contributed by atoms with van der Waals surface area (Å²) in [5, 5.41) is 9.31. The average molecular weight is 211 g/mol. The third kappa shape index (κ3) is 2.28. The van der Waals surface area contributed by atoms with E-state index in [9.17, 15) is 8.78 Å². The van der Waals surface area contributed by atoms with Gasteiger partial charge in [-0.3, -0.25) is 0 Å². The molecule has 0 fully saturated rings. The monoisotopic (exact) mass is 211 g/mol. The van der Waals surface area contributed by atoms with Crippen molar-refractivity contribution in [2.24, 2.45) is 0 Å². The van der Waals surface area contributed by atoms with Crippen LogP contribution in [0.25, 0.3) is 0 Å². The highest BCUT2D eigenvalue weighted by Gasteiger charge is 2.15. The van der Waals surface area contributed by atoms with Gasteiger partial charge in [-0.15, -0.1) is 5.10 Å². The van der Waals surface area contributed by atoms with Crippen molar-refractivity contribution in [3.63, 3.8) is 0 Å². The van der Waals surface area contributed by atoms with Crippen LogP contribution in [0.15, 0.2) is 34.7 Å². The summed E-state index contributed by atoms with van der Waals surface area (Å²) in [7, 11) is 0. The van der Waals surface area contributed by atoms with Gasteiger partial charge in [0.25, 0.3) is 5.89 Å². The number of benzene rings is 1. The van der Waals surface area contributed by atoms with Crippen molar-refractivity contribution in [2.45, 2.75) is 6.43 Å². The van der Waals surface area contributed by atoms with Gasteiger partial charge in [-0.1, -0.05) is 23.3 Å². The first-order valence-electron chi connectivity index (χ1n) is 4.19. The summed E-state index contributed by atoms with van der Waals surface area (Å²) in [6.45, 7) is 0. The van der Waals surface area contributed by atoms with Crippen LogP contribution in [0, 0.1) is 0 Å². The third-order valence-electron chi connectivity index (χ3n) is 1.65. The second kappa shape index (κ2) is 4.04. The fourth-order valence-corrected chi connectivity index (χ4v) is 1.02.